The maximum absolute atomic E-state index is 12.3. The fourth-order valence-corrected chi connectivity index (χ4v) is 3.70. The number of nitrogens with zero attached hydrogens (tertiary/aromatic N) is 1. The van der Waals surface area contributed by atoms with Crippen LogP contribution in [0.1, 0.15) is 30.0 Å². The van der Waals surface area contributed by atoms with E-state index in [9.17, 15) is 13.2 Å². The molecule has 0 saturated heterocycles. The monoisotopic (exact) mass is 383 g/mol. The molecule has 0 fully saturated rings. The van der Waals surface area contributed by atoms with Crippen molar-refractivity contribution < 1.29 is 13.2 Å². The highest BCUT2D eigenvalue weighted by atomic mass is 32.2. The lowest BCUT2D eigenvalue weighted by molar-refractivity contribution is 0.248. The van der Waals surface area contributed by atoms with E-state index in [1.807, 2.05) is 42.0 Å². The molecular weight excluding hydrogens is 362 g/mol. The van der Waals surface area contributed by atoms with Crippen molar-refractivity contribution in [3.05, 3.63) is 77.5 Å². The first-order valence-corrected chi connectivity index (χ1v) is 10.1. The largest absolute Gasteiger partial charge is 0.332 e. The van der Waals surface area contributed by atoms with Crippen molar-refractivity contribution in [3.63, 3.8) is 0 Å². The van der Waals surface area contributed by atoms with Crippen molar-refractivity contribution >= 4 is 22.3 Å². The summed E-state index contributed by atoms with van der Waals surface area (Å²) in [5.41, 5.74) is 2.66. The molecule has 1 aliphatic rings. The Hall–Kier alpha value is -2.93. The standard InChI is InChI=1S/C20H21N3O3S/c1-15-7-10-18(11-8-15)27(25,26)23-20(24)22-17-9-12-19(21-14-13-17)16-5-3-2-4-6-16/h2-8,10-11,13-14,19H,9,12H2,1H3,(H2,22,23,24). The van der Waals surface area contributed by atoms with E-state index in [0.717, 1.165) is 17.5 Å². The third kappa shape index (κ3) is 5.04. The molecule has 2 amide bonds. The maximum Gasteiger partial charge on any atom is 0.332 e. The Kier molecular flexibility index (Phi) is 5.71. The van der Waals surface area contributed by atoms with Gasteiger partial charge in [-0.2, -0.15) is 0 Å². The molecule has 2 aromatic rings. The predicted molar refractivity (Wildman–Crippen MR) is 105 cm³/mol. The summed E-state index contributed by atoms with van der Waals surface area (Å²) in [5, 5.41) is 2.61. The van der Waals surface area contributed by atoms with Crippen LogP contribution in [0.4, 0.5) is 4.79 Å². The van der Waals surface area contributed by atoms with Gasteiger partial charge in [-0.25, -0.2) is 17.9 Å². The lowest BCUT2D eigenvalue weighted by atomic mass is 10.0. The first-order chi connectivity index (χ1) is 12.9. The molecule has 3 rings (SSSR count). The molecule has 1 unspecified atom stereocenters. The highest BCUT2D eigenvalue weighted by Crippen LogP contribution is 2.25. The maximum atomic E-state index is 12.3. The van der Waals surface area contributed by atoms with Gasteiger partial charge in [-0.05, 0) is 43.5 Å². The number of hydrogen-bond donors (Lipinski definition) is 2. The molecule has 0 bridgehead atoms. The van der Waals surface area contributed by atoms with Crippen molar-refractivity contribution in [3.8, 4) is 0 Å². The number of allylic oxidation sites excluding steroid dienone is 2. The first kappa shape index (κ1) is 18.8. The molecule has 0 aliphatic carbocycles. The number of carbonyl (C=O) groups excluding carboxylic acids is 1. The van der Waals surface area contributed by atoms with E-state index in [1.165, 1.54) is 12.1 Å². The molecule has 1 heterocycles. The molecule has 0 radical (unpaired) electrons. The van der Waals surface area contributed by atoms with Crippen LogP contribution in [0.2, 0.25) is 0 Å². The number of rotatable bonds is 4. The number of aliphatic imine (C=N–C) groups is 1. The summed E-state index contributed by atoms with van der Waals surface area (Å²) in [6, 6.07) is 15.4. The minimum absolute atomic E-state index is 0.0149. The number of nitrogens with one attached hydrogen (secondary N) is 2. The average Bonchev–Trinajstić information content (AvgIpc) is 2.88. The van der Waals surface area contributed by atoms with Crippen LogP contribution in [0.15, 0.2) is 76.3 Å². The van der Waals surface area contributed by atoms with Gasteiger partial charge < -0.3 is 5.32 Å². The van der Waals surface area contributed by atoms with Gasteiger partial charge in [-0.1, -0.05) is 48.0 Å². The van der Waals surface area contributed by atoms with E-state index in [2.05, 4.69) is 10.3 Å². The molecule has 0 saturated carbocycles. The van der Waals surface area contributed by atoms with Crippen LogP contribution in [0.25, 0.3) is 0 Å². The Morgan fingerprint density at radius 1 is 1.07 bits per heavy atom. The van der Waals surface area contributed by atoms with Gasteiger partial charge in [0.25, 0.3) is 10.0 Å². The van der Waals surface area contributed by atoms with E-state index in [0.29, 0.717) is 12.1 Å². The van der Waals surface area contributed by atoms with E-state index in [-0.39, 0.29) is 10.9 Å². The molecule has 27 heavy (non-hydrogen) atoms. The zero-order valence-electron chi connectivity index (χ0n) is 14.9. The zero-order chi connectivity index (χ0) is 19.3. The number of urea groups is 1. The van der Waals surface area contributed by atoms with E-state index >= 15 is 0 Å². The highest BCUT2D eigenvalue weighted by Gasteiger charge is 2.19. The lowest BCUT2D eigenvalue weighted by Gasteiger charge is -2.13. The van der Waals surface area contributed by atoms with Crippen molar-refractivity contribution in [2.75, 3.05) is 0 Å². The van der Waals surface area contributed by atoms with Crippen LogP contribution < -0.4 is 10.0 Å². The van der Waals surface area contributed by atoms with Gasteiger partial charge in [0.1, 0.15) is 0 Å². The normalized spacial score (nSPS) is 16.9. The SMILES string of the molecule is Cc1ccc(S(=O)(=O)NC(=O)NC2=CC=NC(c3ccccc3)CC2)cc1. The van der Waals surface area contributed by atoms with Gasteiger partial charge in [-0.15, -0.1) is 0 Å². The van der Waals surface area contributed by atoms with Crippen molar-refractivity contribution in [1.82, 2.24) is 10.0 Å². The second kappa shape index (κ2) is 8.18. The Morgan fingerprint density at radius 3 is 2.48 bits per heavy atom. The van der Waals surface area contributed by atoms with Crippen LogP contribution in [0, 0.1) is 6.92 Å². The molecular formula is C20H21N3O3S. The van der Waals surface area contributed by atoms with Gasteiger partial charge in [-0.3, -0.25) is 4.99 Å². The number of amides is 2. The average molecular weight is 383 g/mol. The minimum Gasteiger partial charge on any atom is -0.311 e. The van der Waals surface area contributed by atoms with Crippen molar-refractivity contribution in [1.29, 1.82) is 0 Å². The highest BCUT2D eigenvalue weighted by molar-refractivity contribution is 7.90. The molecule has 140 valence electrons. The molecule has 2 aromatic carbocycles. The molecule has 2 N–H and O–H groups in total. The van der Waals surface area contributed by atoms with Crippen molar-refractivity contribution in [2.24, 2.45) is 4.99 Å². The third-order valence-electron chi connectivity index (χ3n) is 4.25. The Labute approximate surface area is 159 Å². The van der Waals surface area contributed by atoms with Crippen LogP contribution in [-0.4, -0.2) is 20.7 Å². The Morgan fingerprint density at radius 2 is 1.78 bits per heavy atom. The molecule has 0 aromatic heterocycles. The second-order valence-electron chi connectivity index (χ2n) is 6.33. The Bertz CT molecular complexity index is 965. The van der Waals surface area contributed by atoms with Gasteiger partial charge >= 0.3 is 6.03 Å². The number of carbonyl (C=O) groups is 1. The van der Waals surface area contributed by atoms with Gasteiger partial charge in [0.05, 0.1) is 10.9 Å². The van der Waals surface area contributed by atoms with Crippen LogP contribution >= 0.6 is 0 Å². The zero-order valence-corrected chi connectivity index (χ0v) is 15.7. The quantitative estimate of drug-likeness (QED) is 0.847. The number of benzene rings is 2. The second-order valence-corrected chi connectivity index (χ2v) is 8.01. The van der Waals surface area contributed by atoms with Gasteiger partial charge in [0, 0.05) is 11.9 Å². The van der Waals surface area contributed by atoms with Crippen molar-refractivity contribution in [2.45, 2.75) is 30.7 Å². The van der Waals surface area contributed by atoms with Gasteiger partial charge in [0.2, 0.25) is 0 Å². The molecule has 0 spiro atoms. The molecule has 1 atom stereocenters. The van der Waals surface area contributed by atoms with Crippen LogP contribution in [0.3, 0.4) is 0 Å². The summed E-state index contributed by atoms with van der Waals surface area (Å²) in [4.78, 5) is 16.7. The topological polar surface area (TPSA) is 87.6 Å². The molecule has 6 nitrogen and oxygen atoms in total. The van der Waals surface area contributed by atoms with E-state index in [4.69, 9.17) is 0 Å². The summed E-state index contributed by atoms with van der Waals surface area (Å²) in [6.45, 7) is 1.86. The van der Waals surface area contributed by atoms with Gasteiger partial charge in [0.15, 0.2) is 0 Å². The summed E-state index contributed by atoms with van der Waals surface area (Å²) in [6.07, 6.45) is 4.64. The predicted octanol–water partition coefficient (Wildman–Crippen LogP) is 3.47. The number of sulfonamides is 1. The van der Waals surface area contributed by atoms with Crippen LogP contribution in [-0.2, 0) is 10.0 Å². The fourth-order valence-electron chi connectivity index (χ4n) is 2.79. The van der Waals surface area contributed by atoms with Crippen LogP contribution in [0.5, 0.6) is 0 Å². The molecule has 1 aliphatic heterocycles. The summed E-state index contributed by atoms with van der Waals surface area (Å²) < 4.78 is 26.6. The third-order valence-corrected chi connectivity index (χ3v) is 5.59. The van der Waals surface area contributed by atoms with E-state index < -0.39 is 16.1 Å². The number of hydrogen-bond acceptors (Lipinski definition) is 4. The first-order valence-electron chi connectivity index (χ1n) is 8.62. The van der Waals surface area contributed by atoms with E-state index in [1.54, 1.807) is 24.4 Å². The number of aryl methyl sites for hydroxylation is 1. The minimum atomic E-state index is -3.91. The smallest absolute Gasteiger partial charge is 0.311 e. The fraction of sp³-hybridized carbons (Fsp3) is 0.200. The molecule has 7 heteroatoms. The Balaban J connectivity index is 1.59. The summed E-state index contributed by atoms with van der Waals surface area (Å²) in [7, 11) is -3.91. The summed E-state index contributed by atoms with van der Waals surface area (Å²) in [5.74, 6) is 0. The lowest BCUT2D eigenvalue weighted by Crippen LogP contribution is -2.39. The summed E-state index contributed by atoms with van der Waals surface area (Å²) >= 11 is 0.